The van der Waals surface area contributed by atoms with Gasteiger partial charge in [-0.1, -0.05) is 18.2 Å². The molecule has 0 radical (unpaired) electrons. The highest BCUT2D eigenvalue weighted by molar-refractivity contribution is 5.93. The van der Waals surface area contributed by atoms with Gasteiger partial charge in [0.25, 0.3) is 5.91 Å². The second-order valence-electron chi connectivity index (χ2n) is 7.06. The molecule has 2 heterocycles. The number of methoxy groups -OCH3 is 1. The first-order valence-electron chi connectivity index (χ1n) is 9.34. The average molecular weight is 386 g/mol. The van der Waals surface area contributed by atoms with Crippen molar-refractivity contribution in [2.24, 2.45) is 5.73 Å². The summed E-state index contributed by atoms with van der Waals surface area (Å²) in [6, 6.07) is 14.3. The van der Waals surface area contributed by atoms with Crippen LogP contribution in [0.25, 0.3) is 22.2 Å². The molecule has 6 heteroatoms. The molecule has 3 N–H and O–H groups in total. The molecule has 4 rings (SSSR count). The number of ether oxygens (including phenoxy) is 1. The lowest BCUT2D eigenvalue weighted by Gasteiger charge is -2.05. The molecule has 0 atom stereocenters. The Bertz CT molecular complexity index is 1230. The van der Waals surface area contributed by atoms with Crippen LogP contribution >= 0.6 is 0 Å². The van der Waals surface area contributed by atoms with E-state index in [1.807, 2.05) is 18.2 Å². The van der Waals surface area contributed by atoms with E-state index < -0.39 is 5.91 Å². The van der Waals surface area contributed by atoms with Crippen LogP contribution in [0.15, 0.2) is 48.7 Å². The summed E-state index contributed by atoms with van der Waals surface area (Å²) in [6.07, 6.45) is 2.08. The molecule has 2 aromatic heterocycles. The molecular weight excluding hydrogens is 364 g/mol. The SMILES string of the molecule is COc1cccc(-c2[nH]c3ccc(Cc4ncc(C(N)=O)c(C)n4)cc3c2C)c1. The number of nitrogens with two attached hydrogens (primary N) is 1. The Morgan fingerprint density at radius 1 is 1.17 bits per heavy atom. The Kier molecular flexibility index (Phi) is 4.76. The molecule has 0 unspecified atom stereocenters. The van der Waals surface area contributed by atoms with Gasteiger partial charge in [-0.3, -0.25) is 4.79 Å². The van der Waals surface area contributed by atoms with Crippen LogP contribution in [0.3, 0.4) is 0 Å². The van der Waals surface area contributed by atoms with E-state index in [1.165, 1.54) is 11.8 Å². The van der Waals surface area contributed by atoms with E-state index in [1.54, 1.807) is 14.0 Å². The van der Waals surface area contributed by atoms with Gasteiger partial charge in [0.05, 0.1) is 18.4 Å². The monoisotopic (exact) mass is 386 g/mol. The number of amides is 1. The highest BCUT2D eigenvalue weighted by Gasteiger charge is 2.13. The number of carbonyl (C=O) groups is 1. The van der Waals surface area contributed by atoms with Gasteiger partial charge in [-0.05, 0) is 49.2 Å². The summed E-state index contributed by atoms with van der Waals surface area (Å²) in [6.45, 7) is 3.88. The second-order valence-corrected chi connectivity index (χ2v) is 7.06. The van der Waals surface area contributed by atoms with Crippen LogP contribution < -0.4 is 10.5 Å². The van der Waals surface area contributed by atoms with Crippen molar-refractivity contribution >= 4 is 16.8 Å². The van der Waals surface area contributed by atoms with Gasteiger partial charge in [0, 0.05) is 34.8 Å². The van der Waals surface area contributed by atoms with Crippen LogP contribution in [0.5, 0.6) is 5.75 Å². The molecule has 0 fully saturated rings. The molecule has 2 aromatic carbocycles. The number of hydrogen-bond acceptors (Lipinski definition) is 4. The molecule has 0 aliphatic carbocycles. The summed E-state index contributed by atoms with van der Waals surface area (Å²) in [5.74, 6) is 0.977. The van der Waals surface area contributed by atoms with Crippen molar-refractivity contribution in [3.63, 3.8) is 0 Å². The Labute approximate surface area is 168 Å². The van der Waals surface area contributed by atoms with Crippen molar-refractivity contribution in [1.82, 2.24) is 15.0 Å². The zero-order chi connectivity index (χ0) is 20.5. The van der Waals surface area contributed by atoms with Gasteiger partial charge < -0.3 is 15.5 Å². The number of benzene rings is 2. The molecule has 0 saturated heterocycles. The van der Waals surface area contributed by atoms with Crippen LogP contribution in [0.2, 0.25) is 0 Å². The Morgan fingerprint density at radius 3 is 2.72 bits per heavy atom. The van der Waals surface area contributed by atoms with Gasteiger partial charge in [-0.25, -0.2) is 9.97 Å². The molecule has 4 aromatic rings. The highest BCUT2D eigenvalue weighted by atomic mass is 16.5. The van der Waals surface area contributed by atoms with E-state index in [0.29, 0.717) is 23.5 Å². The fourth-order valence-corrected chi connectivity index (χ4v) is 3.58. The standard InChI is InChI=1S/C23H22N4O2/c1-13-18-9-15(10-21-25-12-19(23(24)28)14(2)26-21)7-8-20(18)27-22(13)16-5-4-6-17(11-16)29-3/h4-9,11-12,27H,10H2,1-3H3,(H2,24,28). The lowest BCUT2D eigenvalue weighted by molar-refractivity contribution is 0.0999. The van der Waals surface area contributed by atoms with E-state index in [0.717, 1.165) is 33.5 Å². The van der Waals surface area contributed by atoms with E-state index in [4.69, 9.17) is 10.5 Å². The van der Waals surface area contributed by atoms with Crippen LogP contribution in [0.1, 0.15) is 33.0 Å². The zero-order valence-electron chi connectivity index (χ0n) is 16.6. The van der Waals surface area contributed by atoms with E-state index in [2.05, 4.69) is 46.1 Å². The van der Waals surface area contributed by atoms with Crippen molar-refractivity contribution in [3.05, 3.63) is 76.9 Å². The first-order valence-corrected chi connectivity index (χ1v) is 9.34. The number of rotatable bonds is 5. The van der Waals surface area contributed by atoms with Crippen molar-refractivity contribution < 1.29 is 9.53 Å². The molecule has 1 amide bonds. The van der Waals surface area contributed by atoms with Crippen LogP contribution in [0.4, 0.5) is 0 Å². The normalized spacial score (nSPS) is 11.0. The topological polar surface area (TPSA) is 93.9 Å². The maximum absolute atomic E-state index is 11.4. The zero-order valence-corrected chi connectivity index (χ0v) is 16.6. The largest absolute Gasteiger partial charge is 0.497 e. The van der Waals surface area contributed by atoms with Gasteiger partial charge in [-0.2, -0.15) is 0 Å². The van der Waals surface area contributed by atoms with Crippen LogP contribution in [-0.2, 0) is 6.42 Å². The summed E-state index contributed by atoms with van der Waals surface area (Å²) in [5.41, 5.74) is 11.8. The van der Waals surface area contributed by atoms with Crippen LogP contribution in [-0.4, -0.2) is 28.0 Å². The third-order valence-corrected chi connectivity index (χ3v) is 5.14. The maximum Gasteiger partial charge on any atom is 0.252 e. The van der Waals surface area contributed by atoms with Crippen molar-refractivity contribution in [1.29, 1.82) is 0 Å². The number of hydrogen-bond donors (Lipinski definition) is 2. The fourth-order valence-electron chi connectivity index (χ4n) is 3.58. The summed E-state index contributed by atoms with van der Waals surface area (Å²) < 4.78 is 5.35. The highest BCUT2D eigenvalue weighted by Crippen LogP contribution is 2.32. The first kappa shape index (κ1) is 18.7. The second kappa shape index (κ2) is 7.39. The lowest BCUT2D eigenvalue weighted by Crippen LogP contribution is -2.15. The molecule has 0 bridgehead atoms. The first-order chi connectivity index (χ1) is 14.0. The number of primary amides is 1. The number of aromatic amines is 1. The van der Waals surface area contributed by atoms with Crippen molar-refractivity contribution in [3.8, 4) is 17.0 Å². The summed E-state index contributed by atoms with van der Waals surface area (Å²) in [5, 5.41) is 1.16. The number of nitrogens with one attached hydrogen (secondary N) is 1. The van der Waals surface area contributed by atoms with E-state index >= 15 is 0 Å². The third kappa shape index (κ3) is 3.57. The maximum atomic E-state index is 11.4. The molecule has 0 aliphatic heterocycles. The number of aryl methyl sites for hydroxylation is 2. The summed E-state index contributed by atoms with van der Waals surface area (Å²) in [4.78, 5) is 23.6. The number of fused-ring (bicyclic) bond motifs is 1. The minimum absolute atomic E-state index is 0.355. The average Bonchev–Trinajstić information content (AvgIpc) is 3.04. The third-order valence-electron chi connectivity index (χ3n) is 5.14. The van der Waals surface area contributed by atoms with Crippen molar-refractivity contribution in [2.45, 2.75) is 20.3 Å². The van der Waals surface area contributed by atoms with Gasteiger partial charge in [0.15, 0.2) is 0 Å². The molecule has 146 valence electrons. The number of aromatic nitrogens is 3. The van der Waals surface area contributed by atoms with Crippen molar-refractivity contribution in [2.75, 3.05) is 7.11 Å². The quantitative estimate of drug-likeness (QED) is 0.543. The number of nitrogens with zero attached hydrogens (tertiary/aromatic N) is 2. The predicted molar refractivity (Wildman–Crippen MR) is 113 cm³/mol. The molecule has 0 aliphatic rings. The molecular formula is C23H22N4O2. The van der Waals surface area contributed by atoms with Gasteiger partial charge in [0.2, 0.25) is 0 Å². The summed E-state index contributed by atoms with van der Waals surface area (Å²) >= 11 is 0. The summed E-state index contributed by atoms with van der Waals surface area (Å²) in [7, 11) is 1.67. The Hall–Kier alpha value is -3.67. The molecule has 6 nitrogen and oxygen atoms in total. The molecule has 0 spiro atoms. The smallest absolute Gasteiger partial charge is 0.252 e. The lowest BCUT2D eigenvalue weighted by atomic mass is 10.0. The number of H-pyrrole nitrogens is 1. The minimum atomic E-state index is -0.511. The minimum Gasteiger partial charge on any atom is -0.497 e. The predicted octanol–water partition coefficient (Wildman–Crippen LogP) is 3.94. The Balaban J connectivity index is 1.68. The molecule has 0 saturated carbocycles. The van der Waals surface area contributed by atoms with E-state index in [9.17, 15) is 4.79 Å². The molecule has 29 heavy (non-hydrogen) atoms. The van der Waals surface area contributed by atoms with Gasteiger partial charge >= 0.3 is 0 Å². The Morgan fingerprint density at radius 2 is 2.00 bits per heavy atom. The van der Waals surface area contributed by atoms with Crippen LogP contribution in [0, 0.1) is 13.8 Å². The number of carbonyl (C=O) groups excluding carboxylic acids is 1. The van der Waals surface area contributed by atoms with Gasteiger partial charge in [-0.15, -0.1) is 0 Å². The van der Waals surface area contributed by atoms with E-state index in [-0.39, 0.29) is 0 Å². The van der Waals surface area contributed by atoms with Gasteiger partial charge in [0.1, 0.15) is 11.6 Å². The fraction of sp³-hybridized carbons (Fsp3) is 0.174.